The number of aliphatic hydroxyl groups excluding tert-OH is 1. The van der Waals surface area contributed by atoms with Crippen LogP contribution in [-0.2, 0) is 23.9 Å². The van der Waals surface area contributed by atoms with E-state index >= 15 is 0 Å². The summed E-state index contributed by atoms with van der Waals surface area (Å²) in [6.45, 7) is 9.62. The number of alkyl halides is 1. The highest BCUT2D eigenvalue weighted by Crippen LogP contribution is 2.60. The fraction of sp³-hybridized carbons (Fsp3) is 0.870. The van der Waals surface area contributed by atoms with Crippen molar-refractivity contribution in [2.75, 3.05) is 13.2 Å². The molecule has 9 atom stereocenters. The quantitative estimate of drug-likeness (QED) is 0.340. The van der Waals surface area contributed by atoms with Crippen LogP contribution in [-0.4, -0.2) is 75.7 Å². The molecule has 8 nitrogen and oxygen atoms in total. The number of rotatable bonds is 10. The van der Waals surface area contributed by atoms with E-state index in [0.717, 1.165) is 19.3 Å². The molecule has 9 heteroatoms. The molecular formula is C23H37BrN2O6. The maximum Gasteiger partial charge on any atom is 0.312 e. The monoisotopic (exact) mass is 516 g/mol. The first-order valence-electron chi connectivity index (χ1n) is 11.9. The number of esters is 1. The van der Waals surface area contributed by atoms with Crippen molar-refractivity contribution in [2.45, 2.75) is 95.0 Å². The van der Waals surface area contributed by atoms with Crippen molar-refractivity contribution in [1.29, 1.82) is 0 Å². The number of nitrogens with one attached hydrogen (secondary N) is 1. The molecule has 3 saturated heterocycles. The molecule has 2 amide bonds. The van der Waals surface area contributed by atoms with Crippen molar-refractivity contribution in [2.24, 2.45) is 17.8 Å². The third kappa shape index (κ3) is 3.98. The van der Waals surface area contributed by atoms with Crippen molar-refractivity contribution < 1.29 is 29.0 Å². The fourth-order valence-electron chi connectivity index (χ4n) is 5.87. The fourth-order valence-corrected chi connectivity index (χ4v) is 6.82. The highest BCUT2D eigenvalue weighted by molar-refractivity contribution is 9.09. The molecule has 2 N–H and O–H groups in total. The number of halogens is 1. The van der Waals surface area contributed by atoms with E-state index in [-0.39, 0.29) is 41.8 Å². The molecule has 3 aliphatic heterocycles. The predicted molar refractivity (Wildman–Crippen MR) is 122 cm³/mol. The van der Waals surface area contributed by atoms with E-state index in [0.29, 0.717) is 6.42 Å². The molecule has 4 unspecified atom stereocenters. The Kier molecular flexibility index (Phi) is 7.93. The van der Waals surface area contributed by atoms with Gasteiger partial charge in [0.25, 0.3) is 0 Å². The molecule has 0 saturated carbocycles. The van der Waals surface area contributed by atoms with E-state index in [1.165, 1.54) is 4.90 Å². The molecule has 0 aromatic heterocycles. The zero-order chi connectivity index (χ0) is 23.8. The topological polar surface area (TPSA) is 105 Å². The van der Waals surface area contributed by atoms with E-state index in [1.807, 2.05) is 20.8 Å². The molecule has 1 spiro atoms. The Morgan fingerprint density at radius 3 is 2.59 bits per heavy atom. The van der Waals surface area contributed by atoms with Gasteiger partial charge < -0.3 is 24.8 Å². The molecule has 182 valence electrons. The number of carbonyl (C=O) groups is 3. The van der Waals surface area contributed by atoms with E-state index in [1.54, 1.807) is 6.92 Å². The third-order valence-corrected chi connectivity index (χ3v) is 8.33. The van der Waals surface area contributed by atoms with E-state index in [9.17, 15) is 19.5 Å². The summed E-state index contributed by atoms with van der Waals surface area (Å²) in [7, 11) is 0. The molecule has 0 aliphatic carbocycles. The third-order valence-electron chi connectivity index (χ3n) is 7.49. The van der Waals surface area contributed by atoms with Gasteiger partial charge in [-0.15, -0.1) is 0 Å². The van der Waals surface area contributed by atoms with Crippen LogP contribution in [0.25, 0.3) is 0 Å². The number of ether oxygens (including phenoxy) is 2. The summed E-state index contributed by atoms with van der Waals surface area (Å²) in [5.74, 6) is -2.64. The molecule has 3 rings (SSSR count). The zero-order valence-electron chi connectivity index (χ0n) is 19.7. The summed E-state index contributed by atoms with van der Waals surface area (Å²) in [4.78, 5) is 41.8. The van der Waals surface area contributed by atoms with E-state index in [4.69, 9.17) is 9.47 Å². The van der Waals surface area contributed by atoms with Gasteiger partial charge in [-0.1, -0.05) is 49.5 Å². The van der Waals surface area contributed by atoms with Crippen LogP contribution in [0.15, 0.2) is 0 Å². The minimum absolute atomic E-state index is 0.0273. The van der Waals surface area contributed by atoms with Crippen LogP contribution in [0.5, 0.6) is 0 Å². The Labute approximate surface area is 198 Å². The first-order valence-corrected chi connectivity index (χ1v) is 12.8. The molecule has 0 radical (unpaired) electrons. The number of amides is 2. The van der Waals surface area contributed by atoms with Gasteiger partial charge in [-0.25, -0.2) is 0 Å². The van der Waals surface area contributed by atoms with Gasteiger partial charge in [0, 0.05) is 10.9 Å². The average Bonchev–Trinajstić information content (AvgIpc) is 3.32. The van der Waals surface area contributed by atoms with Gasteiger partial charge in [-0.3, -0.25) is 14.4 Å². The lowest BCUT2D eigenvalue weighted by atomic mass is 9.70. The van der Waals surface area contributed by atoms with Gasteiger partial charge in [-0.2, -0.15) is 0 Å². The second kappa shape index (κ2) is 9.97. The molecule has 32 heavy (non-hydrogen) atoms. The van der Waals surface area contributed by atoms with Crippen molar-refractivity contribution in [3.05, 3.63) is 0 Å². The van der Waals surface area contributed by atoms with Crippen molar-refractivity contribution in [3.8, 4) is 0 Å². The van der Waals surface area contributed by atoms with Crippen LogP contribution in [0.2, 0.25) is 0 Å². The largest absolute Gasteiger partial charge is 0.466 e. The SMILES string of the molecule is CCCC(C)NC(=O)C1N([C@@H](CO)[C@@H](C)CC)C(=O)[C@@H]2[C@@H](C(=O)OCC)[C@@H]3OC12CC3Br. The second-order valence-corrected chi connectivity index (χ2v) is 10.7. The standard InChI is InChI=1S/C23H37BrN2O6/c1-6-9-13(5)25-20(28)19-23-10-14(24)18(32-23)16(22(30)31-8-3)17(23)21(29)26(19)15(11-27)12(4)7-2/h12-19,27H,6-11H2,1-5H3,(H,25,28)/t12-,13?,14?,15-,16+,17-,18+,19?,23?/m0/s1. The number of hydrogen-bond acceptors (Lipinski definition) is 6. The van der Waals surface area contributed by atoms with Gasteiger partial charge in [0.1, 0.15) is 11.6 Å². The van der Waals surface area contributed by atoms with Gasteiger partial charge in [-0.05, 0) is 32.6 Å². The lowest BCUT2D eigenvalue weighted by Crippen LogP contribution is -2.60. The predicted octanol–water partition coefficient (Wildman–Crippen LogP) is 2.01. The van der Waals surface area contributed by atoms with Gasteiger partial charge in [0.2, 0.25) is 11.8 Å². The Bertz CT molecular complexity index is 735. The average molecular weight is 517 g/mol. The summed E-state index contributed by atoms with van der Waals surface area (Å²) in [5.41, 5.74) is -1.12. The molecular weight excluding hydrogens is 480 g/mol. The number of aliphatic hydroxyl groups is 1. The number of fused-ring (bicyclic) bond motifs is 1. The molecule has 0 aromatic carbocycles. The Morgan fingerprint density at radius 2 is 2.03 bits per heavy atom. The molecule has 3 fully saturated rings. The minimum atomic E-state index is -1.12. The molecule has 3 heterocycles. The number of hydrogen-bond donors (Lipinski definition) is 2. The smallest absolute Gasteiger partial charge is 0.312 e. The van der Waals surface area contributed by atoms with Gasteiger partial charge in [0.15, 0.2) is 0 Å². The van der Waals surface area contributed by atoms with Crippen molar-refractivity contribution in [1.82, 2.24) is 10.2 Å². The normalized spacial score (nSPS) is 36.0. The first kappa shape index (κ1) is 25.4. The Hall–Kier alpha value is -1.19. The summed E-state index contributed by atoms with van der Waals surface area (Å²) >= 11 is 3.63. The summed E-state index contributed by atoms with van der Waals surface area (Å²) in [5, 5.41) is 13.3. The van der Waals surface area contributed by atoms with E-state index in [2.05, 4.69) is 28.2 Å². The summed E-state index contributed by atoms with van der Waals surface area (Å²) < 4.78 is 11.7. The summed E-state index contributed by atoms with van der Waals surface area (Å²) in [6, 6.07) is -1.51. The van der Waals surface area contributed by atoms with Crippen molar-refractivity contribution in [3.63, 3.8) is 0 Å². The Morgan fingerprint density at radius 1 is 1.34 bits per heavy atom. The maximum atomic E-state index is 13.9. The van der Waals surface area contributed by atoms with Crippen molar-refractivity contribution >= 4 is 33.7 Å². The zero-order valence-corrected chi connectivity index (χ0v) is 21.3. The van der Waals surface area contributed by atoms with Crippen LogP contribution in [0.4, 0.5) is 0 Å². The first-order chi connectivity index (χ1) is 15.2. The number of carbonyl (C=O) groups excluding carboxylic acids is 3. The maximum absolute atomic E-state index is 13.9. The van der Waals surface area contributed by atoms with Crippen LogP contribution >= 0.6 is 15.9 Å². The second-order valence-electron chi connectivity index (χ2n) is 9.49. The van der Waals surface area contributed by atoms with Crippen LogP contribution in [0.1, 0.15) is 60.3 Å². The summed E-state index contributed by atoms with van der Waals surface area (Å²) in [6.07, 6.45) is 2.39. The van der Waals surface area contributed by atoms with Crippen LogP contribution in [0, 0.1) is 17.8 Å². The van der Waals surface area contributed by atoms with E-state index < -0.39 is 41.6 Å². The van der Waals surface area contributed by atoms with Crippen LogP contribution < -0.4 is 5.32 Å². The lowest BCUT2D eigenvalue weighted by Gasteiger charge is -2.39. The highest BCUT2D eigenvalue weighted by atomic mass is 79.9. The number of likely N-dealkylation sites (tertiary alicyclic amines) is 1. The highest BCUT2D eigenvalue weighted by Gasteiger charge is 2.77. The van der Waals surface area contributed by atoms with Crippen LogP contribution in [0.3, 0.4) is 0 Å². The molecule has 2 bridgehead atoms. The molecule has 3 aliphatic rings. The minimum Gasteiger partial charge on any atom is -0.466 e. The van der Waals surface area contributed by atoms with Gasteiger partial charge >= 0.3 is 5.97 Å². The van der Waals surface area contributed by atoms with Gasteiger partial charge in [0.05, 0.1) is 37.2 Å². The lowest BCUT2D eigenvalue weighted by molar-refractivity contribution is -0.155. The number of nitrogens with zero attached hydrogens (tertiary/aromatic N) is 1. The Balaban J connectivity index is 2.07. The molecule has 0 aromatic rings.